The third-order valence-electron chi connectivity index (χ3n) is 3.03. The molecule has 3 rings (SSSR count). The molecule has 3 heterocycles. The molecule has 2 heteroatoms. The van der Waals surface area contributed by atoms with E-state index in [4.69, 9.17) is 0 Å². The van der Waals surface area contributed by atoms with Gasteiger partial charge in [0.2, 0.25) is 0 Å². The van der Waals surface area contributed by atoms with E-state index in [9.17, 15) is 0 Å². The zero-order chi connectivity index (χ0) is 6.97. The fourth-order valence-corrected chi connectivity index (χ4v) is 2.71. The van der Waals surface area contributed by atoms with Gasteiger partial charge in [-0.1, -0.05) is 0 Å². The first kappa shape index (κ1) is 6.99. The lowest BCUT2D eigenvalue weighted by atomic mass is 9.80. The summed E-state index contributed by atoms with van der Waals surface area (Å²) in [6.07, 6.45) is 2.87. The fraction of sp³-hybridized carbons (Fsp3) is 1.00. The van der Waals surface area contributed by atoms with Crippen LogP contribution in [0.2, 0.25) is 0 Å². The van der Waals surface area contributed by atoms with E-state index in [1.807, 2.05) is 0 Å². The molecule has 0 radical (unpaired) electrons. The molecule has 0 N–H and O–H groups in total. The first-order chi connectivity index (χ1) is 4.90. The number of hydrogen-bond acceptors (Lipinski definition) is 2. The van der Waals surface area contributed by atoms with E-state index < -0.39 is 0 Å². The topological polar surface area (TPSA) is 3.24 Å². The monoisotopic (exact) mass is 157 g/mol. The quantitative estimate of drug-likeness (QED) is 0.561. The van der Waals surface area contributed by atoms with E-state index in [2.05, 4.69) is 17.5 Å². The molecule has 3 fully saturated rings. The molecule has 2 bridgehead atoms. The van der Waals surface area contributed by atoms with Crippen molar-refractivity contribution in [2.75, 3.05) is 25.4 Å². The van der Waals surface area contributed by atoms with Crippen LogP contribution in [-0.2, 0) is 0 Å². The van der Waals surface area contributed by atoms with Gasteiger partial charge in [-0.25, -0.2) is 0 Å². The lowest BCUT2D eigenvalue weighted by Gasteiger charge is -2.44. The second-order valence-corrected chi connectivity index (χ2v) is 3.95. The van der Waals surface area contributed by atoms with Gasteiger partial charge in [-0.15, -0.1) is 0 Å². The van der Waals surface area contributed by atoms with Crippen LogP contribution in [0.25, 0.3) is 0 Å². The van der Waals surface area contributed by atoms with Gasteiger partial charge in [0, 0.05) is 6.54 Å². The third kappa shape index (κ3) is 1.08. The normalized spacial score (nSPS) is 45.9. The van der Waals surface area contributed by atoms with Crippen molar-refractivity contribution < 1.29 is 0 Å². The molecule has 0 aromatic rings. The lowest BCUT2D eigenvalue weighted by Crippen LogP contribution is -2.47. The maximum atomic E-state index is 4.37. The van der Waals surface area contributed by atoms with Crippen molar-refractivity contribution in [3.8, 4) is 0 Å². The van der Waals surface area contributed by atoms with Crippen LogP contribution < -0.4 is 0 Å². The molecule has 1 nitrogen and oxygen atoms in total. The van der Waals surface area contributed by atoms with Crippen LogP contribution in [0.1, 0.15) is 12.8 Å². The molecule has 0 aromatic carbocycles. The van der Waals surface area contributed by atoms with E-state index in [1.165, 1.54) is 32.5 Å². The SMILES string of the molecule is SCC1CN2CCC1CC2. The first-order valence-electron chi connectivity index (χ1n) is 4.23. The Kier molecular flexibility index (Phi) is 1.92. The zero-order valence-corrected chi connectivity index (χ0v) is 7.19. The molecule has 0 aliphatic carbocycles. The van der Waals surface area contributed by atoms with Crippen molar-refractivity contribution in [2.24, 2.45) is 11.8 Å². The summed E-state index contributed by atoms with van der Waals surface area (Å²) in [6, 6.07) is 0. The molecular weight excluding hydrogens is 142 g/mol. The Morgan fingerprint density at radius 1 is 1.30 bits per heavy atom. The average molecular weight is 157 g/mol. The number of rotatable bonds is 1. The van der Waals surface area contributed by atoms with Gasteiger partial charge in [-0.05, 0) is 43.5 Å². The highest BCUT2D eigenvalue weighted by Crippen LogP contribution is 2.32. The fourth-order valence-electron chi connectivity index (χ4n) is 2.29. The summed E-state index contributed by atoms with van der Waals surface area (Å²) in [4.78, 5) is 2.58. The second kappa shape index (κ2) is 2.74. The first-order valence-corrected chi connectivity index (χ1v) is 4.86. The van der Waals surface area contributed by atoms with Crippen molar-refractivity contribution in [1.29, 1.82) is 0 Å². The number of hydrogen-bond donors (Lipinski definition) is 1. The minimum atomic E-state index is 0.908. The van der Waals surface area contributed by atoms with Gasteiger partial charge < -0.3 is 4.90 Å². The minimum Gasteiger partial charge on any atom is -0.303 e. The van der Waals surface area contributed by atoms with Crippen LogP contribution in [0.5, 0.6) is 0 Å². The molecule has 3 saturated heterocycles. The average Bonchev–Trinajstić information content (AvgIpc) is 2.06. The highest BCUT2D eigenvalue weighted by molar-refractivity contribution is 7.80. The molecule has 1 atom stereocenters. The largest absolute Gasteiger partial charge is 0.303 e. The Hall–Kier alpha value is 0.310. The Morgan fingerprint density at radius 2 is 2.00 bits per heavy atom. The summed E-state index contributed by atoms with van der Waals surface area (Å²) < 4.78 is 0. The van der Waals surface area contributed by atoms with Gasteiger partial charge in [0.1, 0.15) is 0 Å². The van der Waals surface area contributed by atoms with Gasteiger partial charge in [-0.2, -0.15) is 12.6 Å². The summed E-state index contributed by atoms with van der Waals surface area (Å²) in [5, 5.41) is 0. The van der Waals surface area contributed by atoms with Crippen LogP contribution in [0.4, 0.5) is 0 Å². The summed E-state index contributed by atoms with van der Waals surface area (Å²) >= 11 is 4.37. The molecule has 0 amide bonds. The van der Waals surface area contributed by atoms with Crippen LogP contribution >= 0.6 is 12.6 Å². The lowest BCUT2D eigenvalue weighted by molar-refractivity contribution is 0.0628. The second-order valence-electron chi connectivity index (χ2n) is 3.58. The van der Waals surface area contributed by atoms with Crippen LogP contribution in [0, 0.1) is 11.8 Å². The third-order valence-corrected chi connectivity index (χ3v) is 3.50. The summed E-state index contributed by atoms with van der Waals surface area (Å²) in [7, 11) is 0. The Bertz CT molecular complexity index is 118. The molecule has 1 unspecified atom stereocenters. The van der Waals surface area contributed by atoms with E-state index in [1.54, 1.807) is 0 Å². The van der Waals surface area contributed by atoms with Crippen LogP contribution in [-0.4, -0.2) is 30.3 Å². The number of nitrogens with zero attached hydrogens (tertiary/aromatic N) is 1. The van der Waals surface area contributed by atoms with Crippen LogP contribution in [0.3, 0.4) is 0 Å². The van der Waals surface area contributed by atoms with Gasteiger partial charge in [0.15, 0.2) is 0 Å². The molecule has 3 aliphatic heterocycles. The van der Waals surface area contributed by atoms with Crippen molar-refractivity contribution in [3.63, 3.8) is 0 Å². The molecule has 3 aliphatic rings. The van der Waals surface area contributed by atoms with Gasteiger partial charge in [0.25, 0.3) is 0 Å². The maximum Gasteiger partial charge on any atom is 0.00201 e. The maximum absolute atomic E-state index is 4.37. The summed E-state index contributed by atoms with van der Waals surface area (Å²) in [5.74, 6) is 3.02. The number of fused-ring (bicyclic) bond motifs is 3. The van der Waals surface area contributed by atoms with E-state index in [0.717, 1.165) is 17.6 Å². The van der Waals surface area contributed by atoms with E-state index >= 15 is 0 Å². The molecule has 0 spiro atoms. The predicted octanol–water partition coefficient (Wildman–Crippen LogP) is 1.26. The molecule has 0 aromatic heterocycles. The predicted molar refractivity (Wildman–Crippen MR) is 46.5 cm³/mol. The summed E-state index contributed by atoms with van der Waals surface area (Å²) in [5.41, 5.74) is 0. The number of piperidine rings is 3. The molecular formula is C8H15NS. The standard InChI is InChI=1S/C8H15NS/c10-6-8-5-9-3-1-7(8)2-4-9/h7-8,10H,1-6H2. The van der Waals surface area contributed by atoms with Gasteiger partial charge in [-0.3, -0.25) is 0 Å². The smallest absolute Gasteiger partial charge is 0.00201 e. The Morgan fingerprint density at radius 3 is 2.30 bits per heavy atom. The number of thiol groups is 1. The van der Waals surface area contributed by atoms with Gasteiger partial charge >= 0.3 is 0 Å². The Labute approximate surface area is 68.2 Å². The zero-order valence-electron chi connectivity index (χ0n) is 6.29. The van der Waals surface area contributed by atoms with Crippen molar-refractivity contribution >= 4 is 12.6 Å². The highest BCUT2D eigenvalue weighted by atomic mass is 32.1. The van der Waals surface area contributed by atoms with Gasteiger partial charge in [0.05, 0.1) is 0 Å². The van der Waals surface area contributed by atoms with E-state index in [0.29, 0.717) is 0 Å². The molecule has 10 heavy (non-hydrogen) atoms. The summed E-state index contributed by atoms with van der Waals surface area (Å²) in [6.45, 7) is 4.04. The van der Waals surface area contributed by atoms with Crippen LogP contribution in [0.15, 0.2) is 0 Å². The van der Waals surface area contributed by atoms with Crippen molar-refractivity contribution in [1.82, 2.24) is 4.90 Å². The minimum absolute atomic E-state index is 0.908. The molecule has 58 valence electrons. The Balaban J connectivity index is 2.01. The molecule has 0 saturated carbocycles. The van der Waals surface area contributed by atoms with E-state index in [-0.39, 0.29) is 0 Å². The highest BCUT2D eigenvalue weighted by Gasteiger charge is 2.32. The van der Waals surface area contributed by atoms with Crippen molar-refractivity contribution in [2.45, 2.75) is 12.8 Å². The van der Waals surface area contributed by atoms with Crippen molar-refractivity contribution in [3.05, 3.63) is 0 Å².